The highest BCUT2D eigenvalue weighted by atomic mass is 32.2. The normalized spacial score (nSPS) is 13.7. The highest BCUT2D eigenvalue weighted by Crippen LogP contribution is 2.21. The van der Waals surface area contributed by atoms with Gasteiger partial charge >= 0.3 is 0 Å². The number of likely N-dealkylation sites (N-methyl/N-ethyl adjacent to an activating group) is 1. The summed E-state index contributed by atoms with van der Waals surface area (Å²) >= 11 is 0. The lowest BCUT2D eigenvalue weighted by Gasteiger charge is -2.23. The second kappa shape index (κ2) is 10.6. The van der Waals surface area contributed by atoms with Crippen LogP contribution in [0.15, 0.2) is 34.2 Å². The van der Waals surface area contributed by atoms with E-state index in [4.69, 9.17) is 5.14 Å². The summed E-state index contributed by atoms with van der Waals surface area (Å²) in [6, 6.07) is 6.45. The first-order valence-corrected chi connectivity index (χ1v) is 11.2. The molecule has 1 atom stereocenters. The summed E-state index contributed by atoms with van der Waals surface area (Å²) in [5, 5.41) is 11.5. The average molecular weight is 426 g/mol. The van der Waals surface area contributed by atoms with E-state index in [2.05, 4.69) is 43.3 Å². The van der Waals surface area contributed by atoms with Crippen molar-refractivity contribution in [3.63, 3.8) is 0 Å². The third-order valence-electron chi connectivity index (χ3n) is 4.29. The van der Waals surface area contributed by atoms with Crippen LogP contribution in [0.4, 0.5) is 0 Å². The zero-order chi connectivity index (χ0) is 22.2. The van der Waals surface area contributed by atoms with Gasteiger partial charge in [0.15, 0.2) is 5.96 Å². The van der Waals surface area contributed by atoms with Crippen molar-refractivity contribution < 1.29 is 13.2 Å². The van der Waals surface area contributed by atoms with Gasteiger partial charge in [0.2, 0.25) is 15.9 Å². The number of carbonyl (C=O) groups excluding carboxylic acids is 1. The van der Waals surface area contributed by atoms with Crippen LogP contribution >= 0.6 is 0 Å². The van der Waals surface area contributed by atoms with Gasteiger partial charge in [-0.2, -0.15) is 0 Å². The second-order valence-corrected chi connectivity index (χ2v) is 10.2. The number of benzene rings is 1. The minimum absolute atomic E-state index is 0.0562. The smallest absolute Gasteiger partial charge is 0.241 e. The highest BCUT2D eigenvalue weighted by molar-refractivity contribution is 7.89. The van der Waals surface area contributed by atoms with Crippen LogP contribution in [0.1, 0.15) is 46.1 Å². The van der Waals surface area contributed by atoms with E-state index in [0.717, 1.165) is 18.4 Å². The fourth-order valence-electron chi connectivity index (χ4n) is 2.38. The molecule has 0 aliphatic carbocycles. The summed E-state index contributed by atoms with van der Waals surface area (Å²) in [6.45, 7) is 9.16. The summed E-state index contributed by atoms with van der Waals surface area (Å²) in [6.07, 6.45) is 2.02. The Labute approximate surface area is 175 Å². The van der Waals surface area contributed by atoms with Crippen molar-refractivity contribution in [1.82, 2.24) is 15.5 Å². The van der Waals surface area contributed by atoms with Gasteiger partial charge in [0.05, 0.1) is 18.0 Å². The number of hydrogen-bond acceptors (Lipinski definition) is 4. The van der Waals surface area contributed by atoms with Crippen LogP contribution in [0.3, 0.4) is 0 Å². The molecule has 164 valence electrons. The van der Waals surface area contributed by atoms with Crippen molar-refractivity contribution in [1.29, 1.82) is 0 Å². The van der Waals surface area contributed by atoms with Gasteiger partial charge in [-0.25, -0.2) is 18.5 Å². The molecule has 0 saturated carbocycles. The molecule has 0 heterocycles. The van der Waals surface area contributed by atoms with E-state index >= 15 is 0 Å². The number of guanidine groups is 1. The largest absolute Gasteiger partial charge is 0.354 e. The number of aliphatic imine (C=N–C) groups is 1. The standard InChI is InChI=1S/C20H35N5O3S/c1-15(11-12-20(2,3)4)24-19(23-14-18(26)25(5)6)22-13-16-7-9-17(10-8-16)29(21,27)28/h7-10,15H,11-14H2,1-6H3,(H2,21,27,28)(H2,22,23,24). The number of rotatable bonds is 8. The molecular formula is C20H35N5O3S. The molecule has 0 saturated heterocycles. The van der Waals surface area contributed by atoms with Crippen molar-refractivity contribution in [2.24, 2.45) is 15.5 Å². The minimum atomic E-state index is -3.71. The Hall–Kier alpha value is -2.13. The number of nitrogens with two attached hydrogens (primary N) is 1. The van der Waals surface area contributed by atoms with Gasteiger partial charge in [-0.1, -0.05) is 32.9 Å². The third-order valence-corrected chi connectivity index (χ3v) is 5.22. The number of amides is 1. The minimum Gasteiger partial charge on any atom is -0.354 e. The fraction of sp³-hybridized carbons (Fsp3) is 0.600. The van der Waals surface area contributed by atoms with Crippen LogP contribution in [-0.4, -0.2) is 51.9 Å². The van der Waals surface area contributed by atoms with E-state index in [0.29, 0.717) is 12.5 Å². The summed E-state index contributed by atoms with van der Waals surface area (Å²) in [5.41, 5.74) is 1.08. The van der Waals surface area contributed by atoms with Crippen LogP contribution in [0.5, 0.6) is 0 Å². The van der Waals surface area contributed by atoms with E-state index < -0.39 is 10.0 Å². The first-order valence-electron chi connectivity index (χ1n) is 9.65. The zero-order valence-electron chi connectivity index (χ0n) is 18.3. The van der Waals surface area contributed by atoms with Crippen molar-refractivity contribution in [2.75, 3.05) is 20.6 Å². The van der Waals surface area contributed by atoms with Crippen molar-refractivity contribution in [3.05, 3.63) is 29.8 Å². The maximum Gasteiger partial charge on any atom is 0.241 e. The summed E-state index contributed by atoms with van der Waals surface area (Å²) in [7, 11) is -0.311. The SMILES string of the molecule is CC(CCC(C)(C)C)NC(=NCc1ccc(S(N)(=O)=O)cc1)NCC(=O)N(C)C. The van der Waals surface area contributed by atoms with Crippen LogP contribution in [0.25, 0.3) is 0 Å². The third kappa shape index (κ3) is 10.3. The molecule has 1 unspecified atom stereocenters. The molecule has 0 radical (unpaired) electrons. The molecule has 0 aliphatic heterocycles. The second-order valence-electron chi connectivity index (χ2n) is 8.64. The number of nitrogens with zero attached hydrogens (tertiary/aromatic N) is 2. The molecule has 0 spiro atoms. The van der Waals surface area contributed by atoms with Gasteiger partial charge in [0, 0.05) is 20.1 Å². The Morgan fingerprint density at radius 1 is 1.21 bits per heavy atom. The summed E-state index contributed by atoms with van der Waals surface area (Å²) < 4.78 is 22.7. The number of nitrogens with one attached hydrogen (secondary N) is 2. The molecule has 8 nitrogen and oxygen atoms in total. The predicted octanol–water partition coefficient (Wildman–Crippen LogP) is 1.67. The molecule has 0 aliphatic rings. The quantitative estimate of drug-likeness (QED) is 0.433. The van der Waals surface area contributed by atoms with E-state index in [1.807, 2.05) is 0 Å². The lowest BCUT2D eigenvalue weighted by Crippen LogP contribution is -2.46. The molecule has 1 rings (SSSR count). The van der Waals surface area contributed by atoms with Crippen molar-refractivity contribution in [3.8, 4) is 0 Å². The van der Waals surface area contributed by atoms with Gasteiger partial charge in [0.25, 0.3) is 0 Å². The Bertz CT molecular complexity index is 796. The maximum atomic E-state index is 11.9. The molecule has 4 N–H and O–H groups in total. The first kappa shape index (κ1) is 24.9. The van der Waals surface area contributed by atoms with Gasteiger partial charge in [0.1, 0.15) is 0 Å². The van der Waals surface area contributed by atoms with E-state index in [1.54, 1.807) is 26.2 Å². The molecule has 0 aromatic heterocycles. The van der Waals surface area contributed by atoms with Gasteiger partial charge < -0.3 is 15.5 Å². The van der Waals surface area contributed by atoms with E-state index in [1.165, 1.54) is 17.0 Å². The Balaban J connectivity index is 2.84. The van der Waals surface area contributed by atoms with Gasteiger partial charge in [-0.15, -0.1) is 0 Å². The van der Waals surface area contributed by atoms with Crippen molar-refractivity contribution in [2.45, 2.75) is 58.0 Å². The molecule has 9 heteroatoms. The Morgan fingerprint density at radius 3 is 2.28 bits per heavy atom. The van der Waals surface area contributed by atoms with Gasteiger partial charge in [-0.05, 0) is 42.9 Å². The molecular weight excluding hydrogens is 390 g/mol. The van der Waals surface area contributed by atoms with Crippen LogP contribution in [0.2, 0.25) is 0 Å². The number of sulfonamides is 1. The van der Waals surface area contributed by atoms with Crippen LogP contribution in [-0.2, 0) is 21.4 Å². The lowest BCUT2D eigenvalue weighted by atomic mass is 9.89. The van der Waals surface area contributed by atoms with Crippen LogP contribution in [0, 0.1) is 5.41 Å². The zero-order valence-corrected chi connectivity index (χ0v) is 19.1. The van der Waals surface area contributed by atoms with E-state index in [-0.39, 0.29) is 28.8 Å². The average Bonchev–Trinajstić information content (AvgIpc) is 2.60. The molecule has 0 fully saturated rings. The Kier molecular flexibility index (Phi) is 9.10. The summed E-state index contributed by atoms with van der Waals surface area (Å²) in [4.78, 5) is 18.0. The molecule has 0 bridgehead atoms. The number of primary sulfonamides is 1. The topological polar surface area (TPSA) is 117 Å². The molecule has 1 aromatic rings. The molecule has 1 aromatic carbocycles. The fourth-order valence-corrected chi connectivity index (χ4v) is 2.90. The monoisotopic (exact) mass is 425 g/mol. The highest BCUT2D eigenvalue weighted by Gasteiger charge is 2.14. The maximum absolute atomic E-state index is 11.9. The Morgan fingerprint density at radius 2 is 1.79 bits per heavy atom. The van der Waals surface area contributed by atoms with Gasteiger partial charge in [-0.3, -0.25) is 4.79 Å². The predicted molar refractivity (Wildman–Crippen MR) is 117 cm³/mol. The molecule has 1 amide bonds. The number of carbonyl (C=O) groups is 1. The number of hydrogen-bond donors (Lipinski definition) is 3. The van der Waals surface area contributed by atoms with E-state index in [9.17, 15) is 13.2 Å². The first-order chi connectivity index (χ1) is 13.3. The molecule has 29 heavy (non-hydrogen) atoms. The van der Waals surface area contributed by atoms with Crippen LogP contribution < -0.4 is 15.8 Å². The van der Waals surface area contributed by atoms with Crippen molar-refractivity contribution >= 4 is 21.9 Å². The lowest BCUT2D eigenvalue weighted by molar-refractivity contribution is -0.127. The summed E-state index contributed by atoms with van der Waals surface area (Å²) in [5.74, 6) is 0.483.